The molecule has 2 aliphatic heterocycles. The number of nitrogens with one attached hydrogen (secondary N) is 4. The van der Waals surface area contributed by atoms with Gasteiger partial charge in [0.15, 0.2) is 5.96 Å². The fourth-order valence-electron chi connectivity index (χ4n) is 4.80. The Bertz CT molecular complexity index is 956. The molecule has 1 amide bonds. The molecule has 176 valence electrons. The highest BCUT2D eigenvalue weighted by Gasteiger charge is 2.34. The minimum Gasteiger partial charge on any atom is -0.381 e. The lowest BCUT2D eigenvalue weighted by molar-refractivity contribution is -0.116. The Balaban J connectivity index is 1.37. The summed E-state index contributed by atoms with van der Waals surface area (Å²) in [6.07, 6.45) is 2.34. The summed E-state index contributed by atoms with van der Waals surface area (Å²) in [7, 11) is 1.79. The number of nitrogens with zero attached hydrogens (tertiary/aromatic N) is 1. The Kier molecular flexibility index (Phi) is 7.62. The second-order valence-electron chi connectivity index (χ2n) is 9.01. The summed E-state index contributed by atoms with van der Waals surface area (Å²) in [4.78, 5) is 16.6. The fourth-order valence-corrected chi connectivity index (χ4v) is 4.80. The van der Waals surface area contributed by atoms with Crippen LogP contribution in [-0.2, 0) is 9.53 Å². The molecule has 0 saturated carbocycles. The van der Waals surface area contributed by atoms with E-state index in [1.165, 1.54) is 11.1 Å². The Labute approximate surface area is 196 Å². The molecular formula is C26H35N5O2. The number of aliphatic imine (C=N–C) groups is 1. The highest BCUT2D eigenvalue weighted by atomic mass is 16.5. The van der Waals surface area contributed by atoms with E-state index in [2.05, 4.69) is 63.5 Å². The van der Waals surface area contributed by atoms with Gasteiger partial charge in [0.05, 0.1) is 0 Å². The highest BCUT2D eigenvalue weighted by molar-refractivity contribution is 5.94. The zero-order valence-electron chi connectivity index (χ0n) is 19.6. The van der Waals surface area contributed by atoms with Gasteiger partial charge in [-0.05, 0) is 37.0 Å². The van der Waals surface area contributed by atoms with Gasteiger partial charge in [-0.3, -0.25) is 9.79 Å². The van der Waals surface area contributed by atoms with Crippen molar-refractivity contribution >= 4 is 17.6 Å². The normalized spacial score (nSPS) is 21.0. The van der Waals surface area contributed by atoms with Crippen LogP contribution in [0.3, 0.4) is 0 Å². The molecule has 2 atom stereocenters. The smallest absolute Gasteiger partial charge is 0.225 e. The van der Waals surface area contributed by atoms with Gasteiger partial charge in [-0.2, -0.15) is 0 Å². The Morgan fingerprint density at radius 1 is 1.12 bits per heavy atom. The molecule has 0 bridgehead atoms. The van der Waals surface area contributed by atoms with Crippen LogP contribution >= 0.6 is 0 Å². The van der Waals surface area contributed by atoms with Crippen LogP contribution in [0, 0.1) is 0 Å². The molecule has 2 aromatic rings. The topological polar surface area (TPSA) is 86.8 Å². The molecule has 1 saturated heterocycles. The van der Waals surface area contributed by atoms with Crippen molar-refractivity contribution in [1.29, 1.82) is 0 Å². The van der Waals surface area contributed by atoms with Gasteiger partial charge in [0.1, 0.15) is 0 Å². The van der Waals surface area contributed by atoms with E-state index >= 15 is 0 Å². The van der Waals surface area contributed by atoms with Crippen molar-refractivity contribution in [3.8, 4) is 0 Å². The predicted molar refractivity (Wildman–Crippen MR) is 133 cm³/mol. The minimum atomic E-state index is -0.0809. The summed E-state index contributed by atoms with van der Waals surface area (Å²) >= 11 is 0. The lowest BCUT2D eigenvalue weighted by Crippen LogP contribution is -2.58. The standard InChI is InChI=1S/C26H35N5O2/c1-19(20-8-4-3-5-9-20)31-26(12-14-33-15-13-26)18-29-25(27-2)28-17-21-16-24(32)30-23-11-7-6-10-22(21)23/h3-11,19,21,31H,12-18H2,1-2H3,(H,30,32)(H2,27,28,29). The van der Waals surface area contributed by atoms with Crippen LogP contribution in [0.15, 0.2) is 59.6 Å². The molecule has 1 fully saturated rings. The van der Waals surface area contributed by atoms with Crippen molar-refractivity contribution in [3.63, 3.8) is 0 Å². The number of guanidine groups is 1. The van der Waals surface area contributed by atoms with Gasteiger partial charge in [0, 0.05) is 63.0 Å². The van der Waals surface area contributed by atoms with Crippen LogP contribution in [0.1, 0.15) is 49.3 Å². The van der Waals surface area contributed by atoms with Gasteiger partial charge in [0.25, 0.3) is 0 Å². The van der Waals surface area contributed by atoms with Gasteiger partial charge in [-0.25, -0.2) is 0 Å². The lowest BCUT2D eigenvalue weighted by atomic mass is 9.88. The predicted octanol–water partition coefficient (Wildman–Crippen LogP) is 3.18. The van der Waals surface area contributed by atoms with Crippen LogP contribution in [0.25, 0.3) is 0 Å². The summed E-state index contributed by atoms with van der Waals surface area (Å²) in [5, 5.41) is 13.8. The van der Waals surface area contributed by atoms with Crippen molar-refractivity contribution in [2.24, 2.45) is 4.99 Å². The van der Waals surface area contributed by atoms with Crippen molar-refractivity contribution in [1.82, 2.24) is 16.0 Å². The molecule has 2 unspecified atom stereocenters. The molecule has 2 aliphatic rings. The van der Waals surface area contributed by atoms with Crippen LogP contribution in [0.5, 0.6) is 0 Å². The Morgan fingerprint density at radius 2 is 1.85 bits per heavy atom. The van der Waals surface area contributed by atoms with Crippen molar-refractivity contribution in [2.75, 3.05) is 38.7 Å². The van der Waals surface area contributed by atoms with Gasteiger partial charge >= 0.3 is 0 Å². The molecular weight excluding hydrogens is 414 g/mol. The Hall–Kier alpha value is -2.90. The average molecular weight is 450 g/mol. The van der Waals surface area contributed by atoms with E-state index in [9.17, 15) is 4.79 Å². The number of hydrogen-bond acceptors (Lipinski definition) is 4. The number of hydrogen-bond donors (Lipinski definition) is 4. The number of fused-ring (bicyclic) bond motifs is 1. The van der Waals surface area contributed by atoms with E-state index < -0.39 is 0 Å². The number of rotatable bonds is 7. The van der Waals surface area contributed by atoms with E-state index in [0.717, 1.165) is 44.2 Å². The summed E-state index contributed by atoms with van der Waals surface area (Å²) in [5.74, 6) is 0.920. The summed E-state index contributed by atoms with van der Waals surface area (Å²) in [6.45, 7) is 5.10. The van der Waals surface area contributed by atoms with Gasteiger partial charge in [0.2, 0.25) is 5.91 Å². The summed E-state index contributed by atoms with van der Waals surface area (Å²) < 4.78 is 5.66. The lowest BCUT2D eigenvalue weighted by Gasteiger charge is -2.41. The first-order valence-corrected chi connectivity index (χ1v) is 11.8. The summed E-state index contributed by atoms with van der Waals surface area (Å²) in [6, 6.07) is 18.8. The third kappa shape index (κ3) is 5.92. The third-order valence-corrected chi connectivity index (χ3v) is 6.71. The van der Waals surface area contributed by atoms with Gasteiger partial charge < -0.3 is 26.0 Å². The van der Waals surface area contributed by atoms with E-state index in [4.69, 9.17) is 4.74 Å². The molecule has 4 N–H and O–H groups in total. The molecule has 4 rings (SSSR count). The molecule has 2 aromatic carbocycles. The molecule has 7 heteroatoms. The van der Waals surface area contributed by atoms with Crippen LogP contribution in [0.2, 0.25) is 0 Å². The largest absolute Gasteiger partial charge is 0.381 e. The third-order valence-electron chi connectivity index (χ3n) is 6.71. The fraction of sp³-hybridized carbons (Fsp3) is 0.462. The van der Waals surface area contributed by atoms with Crippen molar-refractivity contribution < 1.29 is 9.53 Å². The first kappa shape index (κ1) is 23.3. The van der Waals surface area contributed by atoms with E-state index in [-0.39, 0.29) is 23.4 Å². The summed E-state index contributed by atoms with van der Waals surface area (Å²) in [5.41, 5.74) is 3.27. The SMILES string of the molecule is CN=C(NCC1CC(=O)Nc2ccccc21)NCC1(NC(C)c2ccccc2)CCOCC1. The first-order chi connectivity index (χ1) is 16.1. The molecule has 0 spiro atoms. The van der Waals surface area contributed by atoms with E-state index in [1.807, 2.05) is 24.3 Å². The zero-order chi connectivity index (χ0) is 23.1. The first-order valence-electron chi connectivity index (χ1n) is 11.8. The minimum absolute atomic E-state index is 0.0590. The number of ether oxygens (including phenoxy) is 1. The molecule has 7 nitrogen and oxygen atoms in total. The maximum atomic E-state index is 12.1. The second kappa shape index (κ2) is 10.8. The van der Waals surface area contributed by atoms with E-state index in [0.29, 0.717) is 13.0 Å². The molecule has 33 heavy (non-hydrogen) atoms. The quantitative estimate of drug-likeness (QED) is 0.385. The molecule has 0 aromatic heterocycles. The van der Waals surface area contributed by atoms with Gasteiger partial charge in [-0.15, -0.1) is 0 Å². The molecule has 2 heterocycles. The molecule has 0 radical (unpaired) electrons. The second-order valence-corrected chi connectivity index (χ2v) is 9.01. The van der Waals surface area contributed by atoms with Crippen LogP contribution in [0.4, 0.5) is 5.69 Å². The van der Waals surface area contributed by atoms with Crippen LogP contribution < -0.4 is 21.3 Å². The zero-order valence-corrected chi connectivity index (χ0v) is 19.6. The maximum absolute atomic E-state index is 12.1. The number of carbonyl (C=O) groups excluding carboxylic acids is 1. The highest BCUT2D eigenvalue weighted by Crippen LogP contribution is 2.31. The maximum Gasteiger partial charge on any atom is 0.225 e. The number of carbonyl (C=O) groups is 1. The van der Waals surface area contributed by atoms with E-state index in [1.54, 1.807) is 7.05 Å². The van der Waals surface area contributed by atoms with Gasteiger partial charge in [-0.1, -0.05) is 48.5 Å². The molecule has 0 aliphatic carbocycles. The van der Waals surface area contributed by atoms with Crippen molar-refractivity contribution in [3.05, 3.63) is 65.7 Å². The Morgan fingerprint density at radius 3 is 2.61 bits per heavy atom. The van der Waals surface area contributed by atoms with Crippen molar-refractivity contribution in [2.45, 2.75) is 43.7 Å². The number of para-hydroxylation sites is 1. The monoisotopic (exact) mass is 449 g/mol. The number of amides is 1. The number of anilines is 1. The van der Waals surface area contributed by atoms with Crippen LogP contribution in [-0.4, -0.2) is 50.8 Å². The average Bonchev–Trinajstić information content (AvgIpc) is 2.85. The number of benzene rings is 2.